The topological polar surface area (TPSA) is 226 Å². The number of fused-ring (bicyclic) bond motifs is 3. The maximum absolute atomic E-state index is 13.6. The Hall–Kier alpha value is -9.76. The van der Waals surface area contributed by atoms with Gasteiger partial charge in [-0.15, -0.1) is 34.0 Å². The molecule has 3 N–H and O–H groups in total. The fourth-order valence-corrected chi connectivity index (χ4v) is 16.0. The summed E-state index contributed by atoms with van der Waals surface area (Å²) >= 11 is 4.65. The van der Waals surface area contributed by atoms with Crippen LogP contribution in [-0.4, -0.2) is 67.3 Å². The fourth-order valence-electron chi connectivity index (χ4n) is 11.8. The van der Waals surface area contributed by atoms with Gasteiger partial charge in [0, 0.05) is 94.4 Å². The molecule has 3 aliphatic carbocycles. The molecule has 0 atom stereocenters. The number of methoxy groups -OCH3 is 3. The molecule has 0 saturated heterocycles. The number of ether oxygens (including phenoxy) is 3. The van der Waals surface area contributed by atoms with Crippen LogP contribution in [0.5, 0.6) is 11.5 Å². The lowest BCUT2D eigenvalue weighted by atomic mass is 9.93. The first-order valence-corrected chi connectivity index (χ1v) is 33.4. The number of thiophene rings is 3. The summed E-state index contributed by atoms with van der Waals surface area (Å²) in [6.07, 6.45) is 12.0. The lowest BCUT2D eigenvalue weighted by Crippen LogP contribution is -2.17. The number of nitro benzene ring substituents is 1. The summed E-state index contributed by atoms with van der Waals surface area (Å²) in [5.74, 6) is -0.549. The van der Waals surface area contributed by atoms with E-state index in [9.17, 15) is 48.1 Å². The van der Waals surface area contributed by atoms with Crippen molar-refractivity contribution >= 4 is 97.8 Å². The number of esters is 1. The van der Waals surface area contributed by atoms with E-state index >= 15 is 0 Å². The summed E-state index contributed by atoms with van der Waals surface area (Å²) in [6, 6.07) is 39.7. The zero-order chi connectivity index (χ0) is 66.4. The van der Waals surface area contributed by atoms with Gasteiger partial charge in [-0.05, 0) is 203 Å². The molecule has 20 heteroatoms. The van der Waals surface area contributed by atoms with Gasteiger partial charge in [0.15, 0.2) is 17.3 Å². The third kappa shape index (κ3) is 16.5. The number of benzene rings is 6. The first kappa shape index (κ1) is 67.1. The largest absolute Gasteiger partial charge is 0.497 e. The summed E-state index contributed by atoms with van der Waals surface area (Å²) in [6.45, 7) is 1.97. The van der Waals surface area contributed by atoms with E-state index in [4.69, 9.17) is 14.2 Å². The molecule has 0 bridgehead atoms. The lowest BCUT2D eigenvalue weighted by molar-refractivity contribution is -0.384. The summed E-state index contributed by atoms with van der Waals surface area (Å²) in [4.78, 5) is 106. The highest BCUT2D eigenvalue weighted by Gasteiger charge is 2.31. The minimum absolute atomic E-state index is 0.0176. The van der Waals surface area contributed by atoms with Crippen LogP contribution in [0.25, 0.3) is 0 Å². The molecule has 3 aliphatic rings. The van der Waals surface area contributed by atoms with Crippen molar-refractivity contribution in [3.8, 4) is 11.5 Å². The molecule has 482 valence electrons. The van der Waals surface area contributed by atoms with Crippen LogP contribution in [0.4, 0.5) is 27.1 Å². The lowest BCUT2D eigenvalue weighted by Gasteiger charge is -2.13. The van der Waals surface area contributed by atoms with Gasteiger partial charge in [-0.2, -0.15) is 0 Å². The molecule has 0 radical (unpaired) electrons. The number of Topliss-reactive ketones (excluding diaryl/α,β-unsaturated/α-hetero) is 3. The van der Waals surface area contributed by atoms with Crippen LogP contribution in [0.3, 0.4) is 0 Å². The molecular formula is C74H69FN4O12S3. The predicted molar refractivity (Wildman–Crippen MR) is 365 cm³/mol. The highest BCUT2D eigenvalue weighted by atomic mass is 32.1. The number of nitrogens with one attached hydrogen (secondary N) is 3. The van der Waals surface area contributed by atoms with Gasteiger partial charge in [-0.25, -0.2) is 9.18 Å². The van der Waals surface area contributed by atoms with Crippen molar-refractivity contribution in [3.05, 3.63) is 252 Å². The summed E-state index contributed by atoms with van der Waals surface area (Å²) < 4.78 is 28.7. The molecule has 0 saturated carbocycles. The first-order chi connectivity index (χ1) is 45.5. The third-order valence-corrected chi connectivity index (χ3v) is 20.4. The number of anilines is 3. The second kappa shape index (κ2) is 31.2. The van der Waals surface area contributed by atoms with Crippen molar-refractivity contribution < 1.29 is 57.1 Å². The number of halogens is 1. The minimum Gasteiger partial charge on any atom is -0.497 e. The molecule has 3 heterocycles. The monoisotopic (exact) mass is 1320 g/mol. The number of ketones is 3. The number of hydrogen-bond donors (Lipinski definition) is 3. The summed E-state index contributed by atoms with van der Waals surface area (Å²) in [5.41, 5.74) is 9.67. The molecule has 9 aromatic rings. The Balaban J connectivity index is 0.000000154. The normalized spacial score (nSPS) is 12.7. The molecule has 6 aromatic carbocycles. The predicted octanol–water partition coefficient (Wildman–Crippen LogP) is 16.1. The number of nitrogens with zero attached hydrogens (tertiary/aromatic N) is 1. The number of amides is 3. The number of carbonyl (C=O) groups is 7. The molecule has 3 aromatic heterocycles. The number of nitro groups is 1. The van der Waals surface area contributed by atoms with Crippen LogP contribution in [0.1, 0.15) is 163 Å². The van der Waals surface area contributed by atoms with E-state index in [-0.39, 0.29) is 60.0 Å². The van der Waals surface area contributed by atoms with Gasteiger partial charge in [-0.1, -0.05) is 36.4 Å². The van der Waals surface area contributed by atoms with Crippen molar-refractivity contribution in [1.82, 2.24) is 0 Å². The maximum atomic E-state index is 13.6. The number of non-ortho nitro benzene ring substituents is 1. The van der Waals surface area contributed by atoms with Crippen LogP contribution in [0.2, 0.25) is 0 Å². The molecule has 16 nitrogen and oxygen atoms in total. The first-order valence-electron chi connectivity index (χ1n) is 30.9. The second-order valence-corrected chi connectivity index (χ2v) is 26.5. The van der Waals surface area contributed by atoms with E-state index in [2.05, 4.69) is 16.0 Å². The number of rotatable bonds is 19. The summed E-state index contributed by atoms with van der Waals surface area (Å²) in [5, 5.41) is 19.7. The van der Waals surface area contributed by atoms with Crippen LogP contribution in [0, 0.1) is 22.9 Å². The van der Waals surface area contributed by atoms with Gasteiger partial charge >= 0.3 is 5.97 Å². The van der Waals surface area contributed by atoms with E-state index in [0.29, 0.717) is 60.9 Å². The zero-order valence-corrected chi connectivity index (χ0v) is 54.9. The second-order valence-electron chi connectivity index (χ2n) is 22.9. The van der Waals surface area contributed by atoms with Crippen LogP contribution in [-0.2, 0) is 62.5 Å². The van der Waals surface area contributed by atoms with Crippen molar-refractivity contribution in [2.45, 2.75) is 103 Å². The van der Waals surface area contributed by atoms with E-state index in [1.807, 2.05) is 67.6 Å². The maximum Gasteiger partial charge on any atom is 0.337 e. The Morgan fingerprint density at radius 3 is 1.32 bits per heavy atom. The van der Waals surface area contributed by atoms with Gasteiger partial charge in [0.25, 0.3) is 23.4 Å². The van der Waals surface area contributed by atoms with Crippen molar-refractivity contribution in [1.29, 1.82) is 0 Å². The van der Waals surface area contributed by atoms with Crippen molar-refractivity contribution in [3.63, 3.8) is 0 Å². The molecule has 0 aliphatic heterocycles. The van der Waals surface area contributed by atoms with Gasteiger partial charge in [0.1, 0.15) is 17.3 Å². The van der Waals surface area contributed by atoms with Crippen LogP contribution < -0.4 is 25.4 Å². The SMILES string of the molecule is COC(=O)c1ccc(NC(=O)c2c(CC(=O)c3cccc(F)c3)sc3c2CCCC3)cc1.COc1ccc(NC(=O)c2c(CC(=O)c3cccc(OC)c3)sc3c2CCCC3)cc1.Cc1cccc(NC(=O)c2c(CC(=O)c3ccc([N+](=O)[O-])cc3)sc3c2CCCC3)c1. The molecular weight excluding hydrogens is 1250 g/mol. The third-order valence-electron chi connectivity index (χ3n) is 16.5. The van der Waals surface area contributed by atoms with Gasteiger partial charge < -0.3 is 30.2 Å². The number of aryl methyl sites for hydroxylation is 4. The van der Waals surface area contributed by atoms with Crippen molar-refractivity contribution in [2.75, 3.05) is 37.3 Å². The highest BCUT2D eigenvalue weighted by Crippen LogP contribution is 2.39. The quantitative estimate of drug-likeness (QED) is 0.0297. The number of hydrogen-bond acceptors (Lipinski definition) is 15. The standard InChI is InChI=1S/C25H22FNO4S.C25H25NO4S.C24H22N2O4S/c1-31-25(30)15-9-11-18(12-10-15)27-24(29)23-19-7-2-3-8-21(19)32-22(23)14-20(28)16-5-4-6-17(26)13-16;1-29-18-12-10-17(11-13-18)26-25(28)24-20-8-3-4-9-22(20)31-23(24)15-21(27)16-6-5-7-19(14-16)30-2;1-15-5-4-6-17(13-15)25-24(28)23-19-7-2-3-8-21(19)31-22(23)14-20(27)16-9-11-18(12-10-16)26(29)30/h4-6,9-13H,2-3,7-8,14H2,1H3,(H,27,29);5-7,10-14H,3-4,8-9,15H2,1-2H3,(H,26,28);4-6,9-13H,2-3,7-8,14H2,1H3,(H,25,28). The highest BCUT2D eigenvalue weighted by molar-refractivity contribution is 7.13. The van der Waals surface area contributed by atoms with Crippen LogP contribution >= 0.6 is 34.0 Å². The van der Waals surface area contributed by atoms with E-state index in [1.165, 1.54) is 70.7 Å². The zero-order valence-electron chi connectivity index (χ0n) is 52.4. The minimum atomic E-state index is -0.491. The molecule has 0 unspecified atom stereocenters. The van der Waals surface area contributed by atoms with E-state index in [0.717, 1.165) is 125 Å². The average molecular weight is 1320 g/mol. The van der Waals surface area contributed by atoms with E-state index in [1.54, 1.807) is 79.4 Å². The Bertz CT molecular complexity index is 4320. The molecule has 94 heavy (non-hydrogen) atoms. The Morgan fingerprint density at radius 2 is 0.872 bits per heavy atom. The van der Waals surface area contributed by atoms with Crippen LogP contribution in [0.15, 0.2) is 146 Å². The van der Waals surface area contributed by atoms with Gasteiger partial charge in [0.2, 0.25) is 0 Å². The molecule has 12 rings (SSSR count). The Morgan fingerprint density at radius 1 is 0.457 bits per heavy atom. The molecule has 0 spiro atoms. The van der Waals surface area contributed by atoms with Gasteiger partial charge in [0.05, 0.1) is 48.5 Å². The fraction of sp³-hybridized carbons (Fsp3) is 0.257. The molecule has 3 amide bonds. The van der Waals surface area contributed by atoms with Gasteiger partial charge in [-0.3, -0.25) is 38.9 Å². The average Bonchev–Trinajstić information content (AvgIpc) is 1.67. The van der Waals surface area contributed by atoms with E-state index < -0.39 is 16.7 Å². The van der Waals surface area contributed by atoms with Crippen molar-refractivity contribution in [2.24, 2.45) is 0 Å². The Labute approximate surface area is 555 Å². The molecule has 0 fully saturated rings. The summed E-state index contributed by atoms with van der Waals surface area (Å²) in [7, 11) is 4.50. The Kier molecular flexibility index (Phi) is 22.3. The number of carbonyl (C=O) groups excluding carboxylic acids is 7. The smallest absolute Gasteiger partial charge is 0.337 e.